The highest BCUT2D eigenvalue weighted by molar-refractivity contribution is 5.26. The molecular weight excluding hydrogens is 275 g/mol. The molecule has 21 heavy (non-hydrogen) atoms. The van der Waals surface area contributed by atoms with E-state index in [4.69, 9.17) is 0 Å². The third-order valence-corrected chi connectivity index (χ3v) is 4.62. The fourth-order valence-corrected chi connectivity index (χ4v) is 3.52. The van der Waals surface area contributed by atoms with Crippen LogP contribution in [-0.4, -0.2) is 13.6 Å². The Labute approximate surface area is 124 Å². The summed E-state index contributed by atoms with van der Waals surface area (Å²) < 4.78 is 38.4. The Hall–Kier alpha value is -1.03. The second-order valence-corrected chi connectivity index (χ2v) is 6.40. The van der Waals surface area contributed by atoms with E-state index in [1.807, 2.05) is 13.1 Å². The number of nitrogens with one attached hydrogen (secondary N) is 1. The van der Waals surface area contributed by atoms with Gasteiger partial charge in [0.25, 0.3) is 0 Å². The number of benzene rings is 1. The Morgan fingerprint density at radius 1 is 1.19 bits per heavy atom. The lowest BCUT2D eigenvalue weighted by Crippen LogP contribution is -2.32. The van der Waals surface area contributed by atoms with Crippen LogP contribution < -0.4 is 5.32 Å². The number of halogens is 3. The molecule has 1 aliphatic rings. The number of hydrogen-bond acceptors (Lipinski definition) is 1. The van der Waals surface area contributed by atoms with Crippen LogP contribution in [0.3, 0.4) is 0 Å². The van der Waals surface area contributed by atoms with E-state index in [0.717, 1.165) is 31.0 Å². The van der Waals surface area contributed by atoms with E-state index in [1.54, 1.807) is 0 Å². The largest absolute Gasteiger partial charge is 0.416 e. The predicted molar refractivity (Wildman–Crippen MR) is 79.1 cm³/mol. The molecule has 0 aromatic heterocycles. The molecule has 0 radical (unpaired) electrons. The first kappa shape index (κ1) is 16.3. The summed E-state index contributed by atoms with van der Waals surface area (Å²) in [5.74, 6) is 1.72. The quantitative estimate of drug-likeness (QED) is 0.862. The molecule has 0 spiro atoms. The van der Waals surface area contributed by atoms with Gasteiger partial charge in [0.15, 0.2) is 0 Å². The van der Waals surface area contributed by atoms with Crippen LogP contribution >= 0.6 is 0 Å². The Balaban J connectivity index is 2.11. The van der Waals surface area contributed by atoms with Crippen molar-refractivity contribution in [3.8, 4) is 0 Å². The van der Waals surface area contributed by atoms with Gasteiger partial charge in [-0.15, -0.1) is 0 Å². The van der Waals surface area contributed by atoms with Crippen molar-refractivity contribution in [2.45, 2.75) is 38.8 Å². The van der Waals surface area contributed by atoms with Crippen LogP contribution in [0.15, 0.2) is 24.3 Å². The number of rotatable bonds is 4. The average Bonchev–Trinajstić information content (AvgIpc) is 2.41. The van der Waals surface area contributed by atoms with E-state index in [9.17, 15) is 13.2 Å². The van der Waals surface area contributed by atoms with E-state index < -0.39 is 11.7 Å². The fourth-order valence-electron chi connectivity index (χ4n) is 3.52. The van der Waals surface area contributed by atoms with E-state index in [-0.39, 0.29) is 0 Å². The van der Waals surface area contributed by atoms with Gasteiger partial charge in [0.2, 0.25) is 0 Å². The summed E-state index contributed by atoms with van der Waals surface area (Å²) in [5.41, 5.74) is 0.277. The molecule has 1 aromatic carbocycles. The van der Waals surface area contributed by atoms with Gasteiger partial charge in [-0.05, 0) is 62.2 Å². The van der Waals surface area contributed by atoms with Crippen molar-refractivity contribution in [3.05, 3.63) is 35.4 Å². The molecule has 1 nitrogen and oxygen atoms in total. The third kappa shape index (κ3) is 4.47. The summed E-state index contributed by atoms with van der Waals surface area (Å²) in [6.45, 7) is 3.20. The monoisotopic (exact) mass is 299 g/mol. The molecule has 118 valence electrons. The van der Waals surface area contributed by atoms with Gasteiger partial charge in [0, 0.05) is 0 Å². The van der Waals surface area contributed by atoms with Crippen molar-refractivity contribution >= 4 is 0 Å². The zero-order valence-electron chi connectivity index (χ0n) is 12.7. The van der Waals surface area contributed by atoms with Crippen LogP contribution in [0.4, 0.5) is 13.2 Å². The molecule has 4 heteroatoms. The Morgan fingerprint density at radius 2 is 1.95 bits per heavy atom. The third-order valence-electron chi connectivity index (χ3n) is 4.62. The SMILES string of the molecule is CNCC1CCC(C)CC1Cc1cccc(C(F)(F)F)c1. The van der Waals surface area contributed by atoms with Crippen LogP contribution in [-0.2, 0) is 12.6 Å². The lowest BCUT2D eigenvalue weighted by Gasteiger charge is -2.35. The highest BCUT2D eigenvalue weighted by Gasteiger charge is 2.32. The van der Waals surface area contributed by atoms with Crippen LogP contribution in [0.5, 0.6) is 0 Å². The molecule has 0 aliphatic heterocycles. The highest BCUT2D eigenvalue weighted by Crippen LogP contribution is 2.36. The van der Waals surface area contributed by atoms with Crippen molar-refractivity contribution in [3.63, 3.8) is 0 Å². The van der Waals surface area contributed by atoms with E-state index in [2.05, 4.69) is 12.2 Å². The summed E-state index contributed by atoms with van der Waals surface area (Å²) >= 11 is 0. The summed E-state index contributed by atoms with van der Waals surface area (Å²) in [4.78, 5) is 0. The maximum absolute atomic E-state index is 12.8. The summed E-state index contributed by atoms with van der Waals surface area (Å²) in [6, 6.07) is 5.82. The molecule has 1 aromatic rings. The second-order valence-electron chi connectivity index (χ2n) is 6.40. The minimum absolute atomic E-state index is 0.477. The molecule has 0 bridgehead atoms. The summed E-state index contributed by atoms with van der Waals surface area (Å²) in [5, 5.41) is 3.22. The number of hydrogen-bond donors (Lipinski definition) is 1. The second kappa shape index (κ2) is 6.82. The predicted octanol–water partition coefficient (Wildman–Crippen LogP) is 4.52. The molecule has 2 rings (SSSR count). The maximum Gasteiger partial charge on any atom is 0.416 e. The zero-order chi connectivity index (χ0) is 15.5. The zero-order valence-corrected chi connectivity index (χ0v) is 12.7. The minimum atomic E-state index is -4.25. The van der Waals surface area contributed by atoms with Gasteiger partial charge in [0.1, 0.15) is 0 Å². The van der Waals surface area contributed by atoms with Crippen LogP contribution in [0.2, 0.25) is 0 Å². The first-order chi connectivity index (χ1) is 9.90. The van der Waals surface area contributed by atoms with Crippen molar-refractivity contribution < 1.29 is 13.2 Å². The molecular formula is C17H24F3N. The average molecular weight is 299 g/mol. The van der Waals surface area contributed by atoms with Gasteiger partial charge in [-0.2, -0.15) is 13.2 Å². The van der Waals surface area contributed by atoms with Gasteiger partial charge in [0.05, 0.1) is 5.56 Å². The van der Waals surface area contributed by atoms with E-state index in [0.29, 0.717) is 17.8 Å². The van der Waals surface area contributed by atoms with Gasteiger partial charge < -0.3 is 5.32 Å². The maximum atomic E-state index is 12.8. The molecule has 0 saturated heterocycles. The van der Waals surface area contributed by atoms with E-state index in [1.165, 1.54) is 25.0 Å². The lowest BCUT2D eigenvalue weighted by molar-refractivity contribution is -0.137. The summed E-state index contributed by atoms with van der Waals surface area (Å²) in [7, 11) is 1.94. The summed E-state index contributed by atoms with van der Waals surface area (Å²) in [6.07, 6.45) is 0.0144. The normalized spacial score (nSPS) is 26.8. The Morgan fingerprint density at radius 3 is 2.62 bits per heavy atom. The molecule has 1 saturated carbocycles. The molecule has 1 N–H and O–H groups in total. The number of alkyl halides is 3. The standard InChI is InChI=1S/C17H24F3N/c1-12-6-7-14(11-21-2)15(8-12)9-13-4-3-5-16(10-13)17(18,19)20/h3-5,10,12,14-15,21H,6-9,11H2,1-2H3. The Kier molecular flexibility index (Phi) is 5.31. The topological polar surface area (TPSA) is 12.0 Å². The lowest BCUT2D eigenvalue weighted by atomic mass is 9.72. The molecule has 3 unspecified atom stereocenters. The first-order valence-corrected chi connectivity index (χ1v) is 7.71. The Bertz CT molecular complexity index is 456. The minimum Gasteiger partial charge on any atom is -0.319 e. The van der Waals surface area contributed by atoms with Crippen molar-refractivity contribution in [1.29, 1.82) is 0 Å². The molecule has 0 amide bonds. The van der Waals surface area contributed by atoms with Crippen molar-refractivity contribution in [2.24, 2.45) is 17.8 Å². The van der Waals surface area contributed by atoms with Crippen LogP contribution in [0.25, 0.3) is 0 Å². The van der Waals surface area contributed by atoms with Gasteiger partial charge >= 0.3 is 6.18 Å². The van der Waals surface area contributed by atoms with Crippen molar-refractivity contribution in [1.82, 2.24) is 5.32 Å². The van der Waals surface area contributed by atoms with Gasteiger partial charge in [-0.25, -0.2) is 0 Å². The highest BCUT2D eigenvalue weighted by atomic mass is 19.4. The van der Waals surface area contributed by atoms with Gasteiger partial charge in [-0.1, -0.05) is 31.5 Å². The van der Waals surface area contributed by atoms with Crippen LogP contribution in [0.1, 0.15) is 37.3 Å². The molecule has 1 aliphatic carbocycles. The van der Waals surface area contributed by atoms with Gasteiger partial charge in [-0.3, -0.25) is 0 Å². The van der Waals surface area contributed by atoms with Crippen molar-refractivity contribution in [2.75, 3.05) is 13.6 Å². The van der Waals surface area contributed by atoms with Crippen LogP contribution in [0, 0.1) is 17.8 Å². The smallest absolute Gasteiger partial charge is 0.319 e. The molecule has 0 heterocycles. The molecule has 1 fully saturated rings. The molecule has 3 atom stereocenters. The fraction of sp³-hybridized carbons (Fsp3) is 0.647. The van der Waals surface area contributed by atoms with E-state index >= 15 is 0 Å². The first-order valence-electron chi connectivity index (χ1n) is 7.71.